The minimum absolute atomic E-state index is 0.0563. The first-order valence-corrected chi connectivity index (χ1v) is 9.25. The standard InChI is InChI=1S/C20H26N4O/c1-16-19-5-4-12-23(19)13-14-24(16)15-20(25)21-17-6-8-18(9-7-17)22-10-2-3-11-22/h4-9,12,16H,2-3,10-11,13-15H2,1H3,(H,21,25). The average molecular weight is 338 g/mol. The van der Waals surface area contributed by atoms with Crippen molar-refractivity contribution < 1.29 is 4.79 Å². The van der Waals surface area contributed by atoms with Gasteiger partial charge in [0.15, 0.2) is 0 Å². The highest BCUT2D eigenvalue weighted by Crippen LogP contribution is 2.25. The molecule has 3 heterocycles. The van der Waals surface area contributed by atoms with Crippen LogP contribution in [-0.4, -0.2) is 41.6 Å². The van der Waals surface area contributed by atoms with E-state index in [9.17, 15) is 4.79 Å². The molecule has 1 aromatic carbocycles. The summed E-state index contributed by atoms with van der Waals surface area (Å²) >= 11 is 0. The fourth-order valence-corrected chi connectivity index (χ4v) is 3.96. The van der Waals surface area contributed by atoms with E-state index in [2.05, 4.69) is 57.1 Å². The Morgan fingerprint density at radius 3 is 2.60 bits per heavy atom. The van der Waals surface area contributed by atoms with Gasteiger partial charge in [-0.3, -0.25) is 9.69 Å². The third-order valence-corrected chi connectivity index (χ3v) is 5.44. The lowest BCUT2D eigenvalue weighted by Gasteiger charge is -2.34. The Bertz CT molecular complexity index is 730. The molecule has 1 aromatic heterocycles. The lowest BCUT2D eigenvalue weighted by Crippen LogP contribution is -2.41. The summed E-state index contributed by atoms with van der Waals surface area (Å²) in [6, 6.07) is 12.7. The first-order chi connectivity index (χ1) is 12.2. The summed E-state index contributed by atoms with van der Waals surface area (Å²) in [6.07, 6.45) is 4.66. The third-order valence-electron chi connectivity index (χ3n) is 5.44. The first-order valence-electron chi connectivity index (χ1n) is 9.25. The van der Waals surface area contributed by atoms with Crippen LogP contribution in [0.3, 0.4) is 0 Å². The zero-order chi connectivity index (χ0) is 17.2. The summed E-state index contributed by atoms with van der Waals surface area (Å²) in [5.41, 5.74) is 3.41. The van der Waals surface area contributed by atoms with Gasteiger partial charge in [-0.05, 0) is 56.2 Å². The van der Waals surface area contributed by atoms with Crippen molar-refractivity contribution in [2.45, 2.75) is 32.4 Å². The zero-order valence-corrected chi connectivity index (χ0v) is 14.8. The van der Waals surface area contributed by atoms with Crippen LogP contribution in [-0.2, 0) is 11.3 Å². The van der Waals surface area contributed by atoms with Crippen molar-refractivity contribution in [1.82, 2.24) is 9.47 Å². The number of carbonyl (C=O) groups excluding carboxylic acids is 1. The molecule has 132 valence electrons. The number of carbonyl (C=O) groups is 1. The van der Waals surface area contributed by atoms with Crippen molar-refractivity contribution >= 4 is 17.3 Å². The topological polar surface area (TPSA) is 40.5 Å². The van der Waals surface area contributed by atoms with Gasteiger partial charge in [-0.2, -0.15) is 0 Å². The molecule has 2 aliphatic heterocycles. The molecule has 5 nitrogen and oxygen atoms in total. The Morgan fingerprint density at radius 2 is 1.84 bits per heavy atom. The van der Waals surface area contributed by atoms with Gasteiger partial charge in [0.1, 0.15) is 0 Å². The smallest absolute Gasteiger partial charge is 0.238 e. The molecule has 4 rings (SSSR count). The van der Waals surface area contributed by atoms with Gasteiger partial charge in [0.25, 0.3) is 0 Å². The highest BCUT2D eigenvalue weighted by Gasteiger charge is 2.25. The van der Waals surface area contributed by atoms with E-state index in [0.717, 1.165) is 31.9 Å². The van der Waals surface area contributed by atoms with Crippen LogP contribution >= 0.6 is 0 Å². The number of nitrogens with zero attached hydrogens (tertiary/aromatic N) is 3. The fourth-order valence-electron chi connectivity index (χ4n) is 3.96. The van der Waals surface area contributed by atoms with E-state index in [1.807, 2.05) is 12.1 Å². The number of amides is 1. The normalized spacial score (nSPS) is 20.5. The summed E-state index contributed by atoms with van der Waals surface area (Å²) in [5, 5.41) is 3.04. The van der Waals surface area contributed by atoms with Crippen LogP contribution in [0.5, 0.6) is 0 Å². The van der Waals surface area contributed by atoms with Gasteiger partial charge in [0.05, 0.1) is 6.54 Å². The first kappa shape index (κ1) is 16.2. The second-order valence-corrected chi connectivity index (χ2v) is 7.06. The number of anilines is 2. The molecule has 0 spiro atoms. The van der Waals surface area contributed by atoms with Crippen LogP contribution < -0.4 is 10.2 Å². The van der Waals surface area contributed by atoms with E-state index in [1.54, 1.807) is 0 Å². The van der Waals surface area contributed by atoms with E-state index in [0.29, 0.717) is 6.54 Å². The van der Waals surface area contributed by atoms with E-state index in [4.69, 9.17) is 0 Å². The number of benzene rings is 1. The Kier molecular flexibility index (Phi) is 4.49. The third kappa shape index (κ3) is 3.42. The van der Waals surface area contributed by atoms with Crippen LogP contribution in [0, 0.1) is 0 Å². The summed E-state index contributed by atoms with van der Waals surface area (Å²) < 4.78 is 2.27. The fraction of sp³-hybridized carbons (Fsp3) is 0.450. The van der Waals surface area contributed by atoms with E-state index in [-0.39, 0.29) is 11.9 Å². The van der Waals surface area contributed by atoms with Crippen molar-refractivity contribution in [1.29, 1.82) is 0 Å². The van der Waals surface area contributed by atoms with Gasteiger partial charge in [-0.15, -0.1) is 0 Å². The molecule has 1 amide bonds. The highest BCUT2D eigenvalue weighted by atomic mass is 16.2. The van der Waals surface area contributed by atoms with Crippen molar-refractivity contribution in [3.05, 3.63) is 48.3 Å². The lowest BCUT2D eigenvalue weighted by atomic mass is 10.1. The molecule has 2 aliphatic rings. The number of nitrogens with one attached hydrogen (secondary N) is 1. The predicted octanol–water partition coefficient (Wildman–Crippen LogP) is 3.10. The largest absolute Gasteiger partial charge is 0.372 e. The molecule has 0 saturated carbocycles. The molecule has 25 heavy (non-hydrogen) atoms. The number of aromatic nitrogens is 1. The molecule has 1 saturated heterocycles. The Hall–Kier alpha value is -2.27. The van der Waals surface area contributed by atoms with Gasteiger partial charge in [0, 0.05) is 55.5 Å². The van der Waals surface area contributed by atoms with Crippen molar-refractivity contribution in [3.8, 4) is 0 Å². The molecule has 1 atom stereocenters. The SMILES string of the molecule is CC1c2cccn2CCN1CC(=O)Nc1ccc(N2CCCC2)cc1. The second-order valence-electron chi connectivity index (χ2n) is 7.06. The molecule has 1 unspecified atom stereocenters. The van der Waals surface area contributed by atoms with Gasteiger partial charge >= 0.3 is 0 Å². The van der Waals surface area contributed by atoms with Crippen molar-refractivity contribution in [3.63, 3.8) is 0 Å². The predicted molar refractivity (Wildman–Crippen MR) is 101 cm³/mol. The maximum Gasteiger partial charge on any atom is 0.238 e. The quantitative estimate of drug-likeness (QED) is 0.931. The summed E-state index contributed by atoms with van der Waals surface area (Å²) in [6.45, 7) is 6.73. The molecule has 0 bridgehead atoms. The van der Waals surface area contributed by atoms with Crippen LogP contribution in [0.4, 0.5) is 11.4 Å². The van der Waals surface area contributed by atoms with Gasteiger partial charge in [0.2, 0.25) is 5.91 Å². The molecule has 5 heteroatoms. The van der Waals surface area contributed by atoms with Gasteiger partial charge < -0.3 is 14.8 Å². The molecule has 2 aromatic rings. The van der Waals surface area contributed by atoms with Crippen LogP contribution in [0.2, 0.25) is 0 Å². The minimum atomic E-state index is 0.0563. The van der Waals surface area contributed by atoms with Crippen LogP contribution in [0.15, 0.2) is 42.6 Å². The summed E-state index contributed by atoms with van der Waals surface area (Å²) in [7, 11) is 0. The molecular formula is C20H26N4O. The maximum absolute atomic E-state index is 12.4. The van der Waals surface area contributed by atoms with Crippen LogP contribution in [0.25, 0.3) is 0 Å². The van der Waals surface area contributed by atoms with Crippen molar-refractivity contribution in [2.24, 2.45) is 0 Å². The highest BCUT2D eigenvalue weighted by molar-refractivity contribution is 5.92. The summed E-state index contributed by atoms with van der Waals surface area (Å²) in [4.78, 5) is 17.1. The Labute approximate surface area is 149 Å². The molecule has 0 aliphatic carbocycles. The maximum atomic E-state index is 12.4. The number of rotatable bonds is 4. The van der Waals surface area contributed by atoms with Crippen LogP contribution in [0.1, 0.15) is 31.5 Å². The summed E-state index contributed by atoms with van der Waals surface area (Å²) in [5.74, 6) is 0.0563. The lowest BCUT2D eigenvalue weighted by molar-refractivity contribution is -0.118. The number of fused-ring (bicyclic) bond motifs is 1. The van der Waals surface area contributed by atoms with Crippen molar-refractivity contribution in [2.75, 3.05) is 36.4 Å². The molecule has 0 radical (unpaired) electrons. The number of hydrogen-bond acceptors (Lipinski definition) is 3. The number of hydrogen-bond donors (Lipinski definition) is 1. The zero-order valence-electron chi connectivity index (χ0n) is 14.8. The average Bonchev–Trinajstić information content (AvgIpc) is 3.30. The van der Waals surface area contributed by atoms with E-state index < -0.39 is 0 Å². The van der Waals surface area contributed by atoms with Gasteiger partial charge in [-0.25, -0.2) is 0 Å². The second kappa shape index (κ2) is 6.92. The van der Waals surface area contributed by atoms with E-state index >= 15 is 0 Å². The minimum Gasteiger partial charge on any atom is -0.372 e. The van der Waals surface area contributed by atoms with E-state index in [1.165, 1.54) is 24.2 Å². The Morgan fingerprint density at radius 1 is 1.08 bits per heavy atom. The van der Waals surface area contributed by atoms with Gasteiger partial charge in [-0.1, -0.05) is 0 Å². The molecule has 1 fully saturated rings. The monoisotopic (exact) mass is 338 g/mol. The molecular weight excluding hydrogens is 312 g/mol. The molecule has 1 N–H and O–H groups in total. The Balaban J connectivity index is 1.34.